The van der Waals surface area contributed by atoms with Crippen LogP contribution in [0.4, 0.5) is 0 Å². The highest BCUT2D eigenvalue weighted by molar-refractivity contribution is 6.03. The fourth-order valence-corrected chi connectivity index (χ4v) is 4.33. The molecular formula is C24H26N2O3. The molecule has 2 atom stereocenters. The molecule has 2 aromatic carbocycles. The Hall–Kier alpha value is -2.95. The summed E-state index contributed by atoms with van der Waals surface area (Å²) in [6.07, 6.45) is 2.75. The Bertz CT molecular complexity index is 965. The number of aryl methyl sites for hydroxylation is 2. The zero-order valence-electron chi connectivity index (χ0n) is 16.9. The van der Waals surface area contributed by atoms with Crippen LogP contribution < -0.4 is 5.32 Å². The Morgan fingerprint density at radius 1 is 1.07 bits per heavy atom. The van der Waals surface area contributed by atoms with Gasteiger partial charge in [-0.05, 0) is 67.5 Å². The lowest BCUT2D eigenvalue weighted by Gasteiger charge is -2.26. The number of rotatable bonds is 4. The van der Waals surface area contributed by atoms with Gasteiger partial charge in [0.15, 0.2) is 0 Å². The molecule has 0 aliphatic carbocycles. The number of carbonyl (C=O) groups is 3. The number of carbonyl (C=O) groups excluding carboxylic acids is 3. The fraction of sp³-hybridized carbons (Fsp3) is 0.375. The number of nitrogens with one attached hydrogen (secondary N) is 1. The van der Waals surface area contributed by atoms with Crippen molar-refractivity contribution in [3.63, 3.8) is 0 Å². The maximum absolute atomic E-state index is 13.2. The number of likely N-dealkylation sites (tertiary alicyclic amines) is 1. The minimum Gasteiger partial charge on any atom is -0.332 e. The van der Waals surface area contributed by atoms with Gasteiger partial charge in [-0.2, -0.15) is 0 Å². The number of nitrogens with zero attached hydrogens (tertiary/aromatic N) is 1. The van der Waals surface area contributed by atoms with Crippen molar-refractivity contribution in [1.29, 1.82) is 0 Å². The van der Waals surface area contributed by atoms with Crippen LogP contribution in [0.3, 0.4) is 0 Å². The van der Waals surface area contributed by atoms with E-state index in [1.807, 2.05) is 29.2 Å². The van der Waals surface area contributed by atoms with Crippen LogP contribution in [0.15, 0.2) is 42.5 Å². The molecule has 29 heavy (non-hydrogen) atoms. The zero-order valence-corrected chi connectivity index (χ0v) is 16.9. The van der Waals surface area contributed by atoms with Gasteiger partial charge in [0.2, 0.25) is 11.8 Å². The van der Waals surface area contributed by atoms with Crippen molar-refractivity contribution in [1.82, 2.24) is 10.2 Å². The van der Waals surface area contributed by atoms with Gasteiger partial charge in [-0.3, -0.25) is 19.7 Å². The molecule has 3 amide bonds. The summed E-state index contributed by atoms with van der Waals surface area (Å²) in [6.45, 7) is 4.97. The van der Waals surface area contributed by atoms with Crippen LogP contribution in [0.25, 0.3) is 0 Å². The van der Waals surface area contributed by atoms with E-state index >= 15 is 0 Å². The van der Waals surface area contributed by atoms with Crippen molar-refractivity contribution in [2.24, 2.45) is 5.92 Å². The van der Waals surface area contributed by atoms with Gasteiger partial charge in [0, 0.05) is 18.5 Å². The van der Waals surface area contributed by atoms with Gasteiger partial charge in [0.05, 0.1) is 12.0 Å². The molecule has 5 heteroatoms. The lowest BCUT2D eigenvalue weighted by Crippen LogP contribution is -2.30. The van der Waals surface area contributed by atoms with Crippen LogP contribution >= 0.6 is 0 Å². The van der Waals surface area contributed by atoms with Gasteiger partial charge < -0.3 is 4.90 Å². The van der Waals surface area contributed by atoms with Crippen LogP contribution in [0.1, 0.15) is 57.9 Å². The molecule has 4 rings (SSSR count). The van der Waals surface area contributed by atoms with Crippen molar-refractivity contribution in [2.75, 3.05) is 6.54 Å². The molecule has 0 unspecified atom stereocenters. The average molecular weight is 390 g/mol. The summed E-state index contributed by atoms with van der Waals surface area (Å²) < 4.78 is 0. The molecule has 2 heterocycles. The molecule has 2 saturated heterocycles. The van der Waals surface area contributed by atoms with Gasteiger partial charge in [0.1, 0.15) is 0 Å². The van der Waals surface area contributed by atoms with E-state index in [-0.39, 0.29) is 36.1 Å². The summed E-state index contributed by atoms with van der Waals surface area (Å²) in [5.41, 5.74) is 5.34. The topological polar surface area (TPSA) is 66.5 Å². The number of imide groups is 1. The van der Waals surface area contributed by atoms with E-state index in [4.69, 9.17) is 0 Å². The second kappa shape index (κ2) is 7.82. The van der Waals surface area contributed by atoms with Crippen molar-refractivity contribution in [2.45, 2.75) is 45.6 Å². The molecule has 0 radical (unpaired) electrons. The van der Waals surface area contributed by atoms with Crippen molar-refractivity contribution in [3.05, 3.63) is 70.3 Å². The highest BCUT2D eigenvalue weighted by atomic mass is 16.2. The molecule has 150 valence electrons. The molecule has 2 aromatic rings. The second-order valence-corrected chi connectivity index (χ2v) is 8.21. The summed E-state index contributed by atoms with van der Waals surface area (Å²) in [6, 6.07) is 14.0. The minimum absolute atomic E-state index is 0.0473. The first-order valence-electron chi connectivity index (χ1n) is 10.2. The maximum Gasteiger partial charge on any atom is 0.254 e. The van der Waals surface area contributed by atoms with E-state index in [0.717, 1.165) is 24.9 Å². The predicted octanol–water partition coefficient (Wildman–Crippen LogP) is 3.49. The van der Waals surface area contributed by atoms with E-state index in [1.165, 1.54) is 16.7 Å². The first kappa shape index (κ1) is 19.4. The molecule has 0 aromatic heterocycles. The van der Waals surface area contributed by atoms with Crippen molar-refractivity contribution < 1.29 is 14.4 Å². The van der Waals surface area contributed by atoms with Gasteiger partial charge in [-0.15, -0.1) is 0 Å². The number of hydrogen-bond donors (Lipinski definition) is 1. The standard InChI is InChI=1S/C24H26N2O3/c1-15-5-8-19(12-16(15)2)21-4-3-11-26(21)24(29)18-9-6-17(7-10-18)13-20-14-22(27)25-23(20)28/h5-10,12,20-21H,3-4,11,13-14H2,1-2H3,(H,25,27,28)/t20-,21+/m1/s1. The van der Waals surface area contributed by atoms with E-state index in [2.05, 4.69) is 37.4 Å². The monoisotopic (exact) mass is 390 g/mol. The van der Waals surface area contributed by atoms with E-state index in [1.54, 1.807) is 0 Å². The van der Waals surface area contributed by atoms with Crippen LogP contribution in [-0.4, -0.2) is 29.2 Å². The molecule has 2 aliphatic rings. The third kappa shape index (κ3) is 3.95. The van der Waals surface area contributed by atoms with E-state index in [9.17, 15) is 14.4 Å². The first-order chi connectivity index (χ1) is 13.9. The number of benzene rings is 2. The number of hydrogen-bond acceptors (Lipinski definition) is 3. The number of amides is 3. The maximum atomic E-state index is 13.2. The summed E-state index contributed by atoms with van der Waals surface area (Å²) in [5, 5.41) is 2.34. The Balaban J connectivity index is 1.47. The molecule has 1 N–H and O–H groups in total. The molecule has 0 bridgehead atoms. The Kier molecular flexibility index (Phi) is 5.22. The predicted molar refractivity (Wildman–Crippen MR) is 110 cm³/mol. The normalized spacial score (nSPS) is 21.5. The van der Waals surface area contributed by atoms with E-state index in [0.29, 0.717) is 12.0 Å². The minimum atomic E-state index is -0.309. The van der Waals surface area contributed by atoms with Crippen molar-refractivity contribution in [3.8, 4) is 0 Å². The largest absolute Gasteiger partial charge is 0.332 e. The van der Waals surface area contributed by atoms with Crippen LogP contribution in [0.2, 0.25) is 0 Å². The third-order valence-electron chi connectivity index (χ3n) is 6.18. The Morgan fingerprint density at radius 3 is 2.48 bits per heavy atom. The van der Waals surface area contributed by atoms with Crippen molar-refractivity contribution >= 4 is 17.7 Å². The van der Waals surface area contributed by atoms with Crippen LogP contribution in [-0.2, 0) is 16.0 Å². The molecule has 2 fully saturated rings. The molecule has 0 saturated carbocycles. The van der Waals surface area contributed by atoms with Gasteiger partial charge >= 0.3 is 0 Å². The molecule has 2 aliphatic heterocycles. The van der Waals surface area contributed by atoms with Crippen LogP contribution in [0.5, 0.6) is 0 Å². The molecule has 0 spiro atoms. The fourth-order valence-electron chi connectivity index (χ4n) is 4.33. The first-order valence-corrected chi connectivity index (χ1v) is 10.2. The Morgan fingerprint density at radius 2 is 1.83 bits per heavy atom. The quantitative estimate of drug-likeness (QED) is 0.813. The summed E-state index contributed by atoms with van der Waals surface area (Å²) in [7, 11) is 0. The van der Waals surface area contributed by atoms with Crippen LogP contribution in [0, 0.1) is 19.8 Å². The summed E-state index contributed by atoms with van der Waals surface area (Å²) >= 11 is 0. The highest BCUT2D eigenvalue weighted by Crippen LogP contribution is 2.34. The van der Waals surface area contributed by atoms with Gasteiger partial charge in [-0.25, -0.2) is 0 Å². The highest BCUT2D eigenvalue weighted by Gasteiger charge is 2.32. The van der Waals surface area contributed by atoms with Gasteiger partial charge in [0.25, 0.3) is 5.91 Å². The smallest absolute Gasteiger partial charge is 0.254 e. The molecule has 5 nitrogen and oxygen atoms in total. The average Bonchev–Trinajstić information content (AvgIpc) is 3.30. The lowest BCUT2D eigenvalue weighted by atomic mass is 9.96. The Labute approximate surface area is 171 Å². The van der Waals surface area contributed by atoms with E-state index < -0.39 is 0 Å². The summed E-state index contributed by atoms with van der Waals surface area (Å²) in [5.74, 6) is -0.676. The van der Waals surface area contributed by atoms with Gasteiger partial charge in [-0.1, -0.05) is 30.3 Å². The third-order valence-corrected chi connectivity index (χ3v) is 6.18. The lowest BCUT2D eigenvalue weighted by molar-refractivity contribution is -0.125. The zero-order chi connectivity index (χ0) is 20.5. The summed E-state index contributed by atoms with van der Waals surface area (Å²) in [4.78, 5) is 38.2. The SMILES string of the molecule is Cc1ccc([C@@H]2CCCN2C(=O)c2ccc(C[C@@H]3CC(=O)NC3=O)cc2)cc1C. The molecular weight excluding hydrogens is 364 g/mol. The second-order valence-electron chi connectivity index (χ2n) is 8.21.